The standard InChI is InChI=1S/C12H9BrN4O2S2/c13-8-1-3-9(4-2-8)15-12(20)16-14-7-10-5-6-11(21-10)17(18)19/h1-7H,(H2,15,16,20)/b14-7+. The first-order chi connectivity index (χ1) is 10.0. The molecule has 108 valence electrons. The van der Waals surface area contributed by atoms with Gasteiger partial charge in [-0.25, -0.2) is 0 Å². The Hall–Kier alpha value is -1.84. The zero-order valence-corrected chi connectivity index (χ0v) is 13.7. The summed E-state index contributed by atoms with van der Waals surface area (Å²) in [6.45, 7) is 0. The zero-order valence-electron chi connectivity index (χ0n) is 10.4. The molecule has 0 atom stereocenters. The first-order valence-corrected chi connectivity index (χ1v) is 7.66. The molecule has 0 aliphatic heterocycles. The molecule has 2 N–H and O–H groups in total. The Balaban J connectivity index is 1.86. The molecule has 0 bridgehead atoms. The maximum Gasteiger partial charge on any atom is 0.324 e. The molecule has 0 unspecified atom stereocenters. The molecule has 2 aromatic rings. The van der Waals surface area contributed by atoms with Gasteiger partial charge in [0.1, 0.15) is 0 Å². The molecular weight excluding hydrogens is 376 g/mol. The molecule has 0 spiro atoms. The molecule has 0 aliphatic rings. The van der Waals surface area contributed by atoms with Gasteiger partial charge in [0.15, 0.2) is 5.11 Å². The van der Waals surface area contributed by atoms with Gasteiger partial charge in [-0.1, -0.05) is 27.3 Å². The number of rotatable bonds is 4. The Morgan fingerprint density at radius 1 is 1.33 bits per heavy atom. The van der Waals surface area contributed by atoms with E-state index in [1.807, 2.05) is 24.3 Å². The minimum atomic E-state index is -0.435. The Kier molecular flexibility index (Phi) is 5.37. The highest BCUT2D eigenvalue weighted by atomic mass is 79.9. The Morgan fingerprint density at radius 2 is 2.05 bits per heavy atom. The number of nitro groups is 1. The molecule has 0 amide bonds. The fraction of sp³-hybridized carbons (Fsp3) is 0. The summed E-state index contributed by atoms with van der Waals surface area (Å²) < 4.78 is 0.976. The molecule has 0 radical (unpaired) electrons. The normalized spacial score (nSPS) is 10.5. The number of anilines is 1. The SMILES string of the molecule is O=[N+]([O-])c1ccc(/C=N/NC(=S)Nc2ccc(Br)cc2)s1. The van der Waals surface area contributed by atoms with Crippen LogP contribution in [-0.4, -0.2) is 16.3 Å². The smallest absolute Gasteiger partial charge is 0.324 e. The number of benzene rings is 1. The number of hydrogen-bond donors (Lipinski definition) is 2. The number of hydrogen-bond acceptors (Lipinski definition) is 5. The summed E-state index contributed by atoms with van der Waals surface area (Å²) >= 11 is 9.46. The van der Waals surface area contributed by atoms with Crippen LogP contribution in [0, 0.1) is 10.1 Å². The molecule has 1 heterocycles. The van der Waals surface area contributed by atoms with E-state index in [4.69, 9.17) is 12.2 Å². The molecular formula is C12H9BrN4O2S2. The van der Waals surface area contributed by atoms with Crippen LogP contribution >= 0.6 is 39.5 Å². The van der Waals surface area contributed by atoms with Crippen LogP contribution in [-0.2, 0) is 0 Å². The molecule has 1 aromatic carbocycles. The topological polar surface area (TPSA) is 79.6 Å². The van der Waals surface area contributed by atoms with Crippen LogP contribution in [0.5, 0.6) is 0 Å². The van der Waals surface area contributed by atoms with Crippen molar-refractivity contribution in [1.29, 1.82) is 0 Å². The Morgan fingerprint density at radius 3 is 2.67 bits per heavy atom. The van der Waals surface area contributed by atoms with Crippen LogP contribution in [0.25, 0.3) is 0 Å². The molecule has 9 heteroatoms. The van der Waals surface area contributed by atoms with Gasteiger partial charge in [0.2, 0.25) is 0 Å². The van der Waals surface area contributed by atoms with E-state index in [2.05, 4.69) is 31.8 Å². The summed E-state index contributed by atoms with van der Waals surface area (Å²) in [5, 5.41) is 17.8. The van der Waals surface area contributed by atoms with Crippen LogP contribution in [0.3, 0.4) is 0 Å². The fourth-order valence-corrected chi connectivity index (χ4v) is 2.49. The Bertz CT molecular complexity index is 685. The maximum atomic E-state index is 10.5. The largest absolute Gasteiger partial charge is 0.331 e. The lowest BCUT2D eigenvalue weighted by Crippen LogP contribution is -2.23. The second-order valence-electron chi connectivity index (χ2n) is 3.76. The monoisotopic (exact) mass is 384 g/mol. The molecule has 0 saturated carbocycles. The first kappa shape index (κ1) is 15.5. The molecule has 0 aliphatic carbocycles. The predicted octanol–water partition coefficient (Wildman–Crippen LogP) is 3.74. The maximum absolute atomic E-state index is 10.5. The second-order valence-corrected chi connectivity index (χ2v) is 6.18. The average Bonchev–Trinajstić information content (AvgIpc) is 2.90. The predicted molar refractivity (Wildman–Crippen MR) is 92.1 cm³/mol. The van der Waals surface area contributed by atoms with E-state index in [1.165, 1.54) is 12.3 Å². The van der Waals surface area contributed by atoms with E-state index in [0.717, 1.165) is 21.5 Å². The van der Waals surface area contributed by atoms with Crippen LogP contribution in [0.2, 0.25) is 0 Å². The van der Waals surface area contributed by atoms with Gasteiger partial charge in [-0.15, -0.1) is 0 Å². The van der Waals surface area contributed by atoms with Crippen molar-refractivity contribution in [3.05, 3.63) is 55.9 Å². The van der Waals surface area contributed by atoms with Gasteiger partial charge in [-0.2, -0.15) is 5.10 Å². The van der Waals surface area contributed by atoms with E-state index in [-0.39, 0.29) is 5.00 Å². The molecule has 0 saturated heterocycles. The van der Waals surface area contributed by atoms with E-state index in [1.54, 1.807) is 6.07 Å². The number of thiophene rings is 1. The molecule has 21 heavy (non-hydrogen) atoms. The summed E-state index contributed by atoms with van der Waals surface area (Å²) in [4.78, 5) is 10.8. The van der Waals surface area contributed by atoms with Crippen molar-refractivity contribution in [3.8, 4) is 0 Å². The fourth-order valence-electron chi connectivity index (χ4n) is 1.36. The minimum absolute atomic E-state index is 0.0759. The molecule has 2 rings (SSSR count). The summed E-state index contributed by atoms with van der Waals surface area (Å²) in [6, 6.07) is 10.6. The van der Waals surface area contributed by atoms with Gasteiger partial charge in [-0.05, 0) is 42.5 Å². The number of halogens is 1. The summed E-state index contributed by atoms with van der Waals surface area (Å²) in [7, 11) is 0. The van der Waals surface area contributed by atoms with Gasteiger partial charge in [0.05, 0.1) is 16.0 Å². The second kappa shape index (κ2) is 7.25. The van der Waals surface area contributed by atoms with Crippen LogP contribution in [0.15, 0.2) is 46.0 Å². The highest BCUT2D eigenvalue weighted by Gasteiger charge is 2.07. The van der Waals surface area contributed by atoms with E-state index < -0.39 is 4.92 Å². The minimum Gasteiger partial charge on any atom is -0.331 e. The summed E-state index contributed by atoms with van der Waals surface area (Å²) in [5.74, 6) is 0. The highest BCUT2D eigenvalue weighted by Crippen LogP contribution is 2.22. The van der Waals surface area contributed by atoms with Crippen molar-refractivity contribution in [2.45, 2.75) is 0 Å². The first-order valence-electron chi connectivity index (χ1n) is 5.64. The summed E-state index contributed by atoms with van der Waals surface area (Å²) in [6.07, 6.45) is 1.48. The van der Waals surface area contributed by atoms with Gasteiger partial charge in [-0.3, -0.25) is 15.5 Å². The Labute approximate surface area is 138 Å². The van der Waals surface area contributed by atoms with Crippen LogP contribution in [0.4, 0.5) is 10.7 Å². The molecule has 1 aromatic heterocycles. The zero-order chi connectivity index (χ0) is 15.2. The van der Waals surface area contributed by atoms with Crippen molar-refractivity contribution in [2.75, 3.05) is 5.32 Å². The van der Waals surface area contributed by atoms with Crippen molar-refractivity contribution >= 4 is 61.5 Å². The third-order valence-corrected chi connectivity index (χ3v) is 3.95. The number of hydrazone groups is 1. The lowest BCUT2D eigenvalue weighted by Gasteiger charge is -2.06. The third kappa shape index (κ3) is 4.88. The average molecular weight is 385 g/mol. The van der Waals surface area contributed by atoms with E-state index in [0.29, 0.717) is 9.99 Å². The van der Waals surface area contributed by atoms with Gasteiger partial charge in [0, 0.05) is 16.2 Å². The van der Waals surface area contributed by atoms with E-state index >= 15 is 0 Å². The van der Waals surface area contributed by atoms with Crippen molar-refractivity contribution in [1.82, 2.24) is 5.43 Å². The van der Waals surface area contributed by atoms with Gasteiger partial charge in [0.25, 0.3) is 0 Å². The number of nitrogens with one attached hydrogen (secondary N) is 2. The lowest BCUT2D eigenvalue weighted by molar-refractivity contribution is -0.380. The summed E-state index contributed by atoms with van der Waals surface area (Å²) in [5.41, 5.74) is 3.48. The molecule has 6 nitrogen and oxygen atoms in total. The van der Waals surface area contributed by atoms with Crippen LogP contribution in [0.1, 0.15) is 4.88 Å². The van der Waals surface area contributed by atoms with E-state index in [9.17, 15) is 10.1 Å². The van der Waals surface area contributed by atoms with Gasteiger partial charge < -0.3 is 5.32 Å². The highest BCUT2D eigenvalue weighted by molar-refractivity contribution is 9.10. The number of nitrogens with zero attached hydrogens (tertiary/aromatic N) is 2. The number of thiocarbonyl (C=S) groups is 1. The van der Waals surface area contributed by atoms with Crippen molar-refractivity contribution in [3.63, 3.8) is 0 Å². The quantitative estimate of drug-likeness (QED) is 0.363. The van der Waals surface area contributed by atoms with Crippen LogP contribution < -0.4 is 10.7 Å². The third-order valence-electron chi connectivity index (χ3n) is 2.25. The lowest BCUT2D eigenvalue weighted by atomic mass is 10.3. The van der Waals surface area contributed by atoms with Gasteiger partial charge >= 0.3 is 5.00 Å². The molecule has 0 fully saturated rings. The van der Waals surface area contributed by atoms with Crippen molar-refractivity contribution < 1.29 is 4.92 Å². The van der Waals surface area contributed by atoms with Crippen molar-refractivity contribution in [2.24, 2.45) is 5.10 Å².